The maximum Gasteiger partial charge on any atom is 0.335 e. The first kappa shape index (κ1) is 19.5. The molecule has 0 radical (unpaired) electrons. The van der Waals surface area contributed by atoms with Crippen LogP contribution in [-0.4, -0.2) is 5.92 Å². The van der Waals surface area contributed by atoms with Crippen molar-refractivity contribution in [1.29, 1.82) is 0 Å². The highest BCUT2D eigenvalue weighted by Gasteiger charge is 2.61. The number of hydrogen-bond donors (Lipinski definition) is 0. The molecule has 0 aliphatic heterocycles. The molecule has 6 heteroatoms. The van der Waals surface area contributed by atoms with Gasteiger partial charge in [0.25, 0.3) is 0 Å². The molecule has 136 valence electrons. The average Bonchev–Trinajstić information content (AvgIpc) is 2.60. The molecule has 1 aromatic carbocycles. The smallest absolute Gasteiger partial charge is 0.199 e. The van der Waals surface area contributed by atoms with Crippen LogP contribution in [-0.2, 0) is 5.92 Å². The second-order valence-corrected chi connectivity index (χ2v) is 7.28. The molecule has 0 heterocycles. The van der Waals surface area contributed by atoms with Gasteiger partial charge in [0, 0.05) is 16.4 Å². The Balaban J connectivity index is 2.07. The molecule has 1 saturated carbocycles. The highest BCUT2D eigenvalue weighted by molar-refractivity contribution is 7.94. The Hall–Kier alpha value is -0.780. The van der Waals surface area contributed by atoms with Crippen LogP contribution in [0.15, 0.2) is 29.2 Å². The number of hydrogen-bond acceptors (Lipinski definition) is 1. The normalized spacial score (nSPS) is 22.6. The molecule has 24 heavy (non-hydrogen) atoms. The third-order valence-electron chi connectivity index (χ3n) is 5.05. The van der Waals surface area contributed by atoms with Gasteiger partial charge in [-0.3, -0.25) is 0 Å². The van der Waals surface area contributed by atoms with Gasteiger partial charge in [0.1, 0.15) is 0 Å². The van der Waals surface area contributed by atoms with E-state index in [1.54, 1.807) is 0 Å². The molecule has 0 spiro atoms. The second kappa shape index (κ2) is 8.07. The first-order valence-electron chi connectivity index (χ1n) is 8.47. The Morgan fingerprint density at radius 1 is 1.00 bits per heavy atom. The molecule has 0 bridgehead atoms. The van der Waals surface area contributed by atoms with Crippen LogP contribution in [0.1, 0.15) is 57.4 Å². The fourth-order valence-electron chi connectivity index (χ4n) is 3.47. The van der Waals surface area contributed by atoms with Crippen LogP contribution in [0.25, 0.3) is 0 Å². The summed E-state index contributed by atoms with van der Waals surface area (Å²) in [6.45, 7) is 2.08. The van der Waals surface area contributed by atoms with Crippen LogP contribution < -0.4 is 0 Å². The topological polar surface area (TPSA) is 0 Å². The number of halogens is 5. The Kier molecular flexibility index (Phi) is 6.57. The maximum atomic E-state index is 14.5. The summed E-state index contributed by atoms with van der Waals surface area (Å²) < 4.78 is 70.2. The van der Waals surface area contributed by atoms with E-state index in [1.807, 2.05) is 0 Å². The summed E-state index contributed by atoms with van der Waals surface area (Å²) in [5.41, 5.74) is -0.751. The Labute approximate surface area is 144 Å². The minimum Gasteiger partial charge on any atom is -0.199 e. The first-order chi connectivity index (χ1) is 11.3. The second-order valence-electron chi connectivity index (χ2n) is 6.66. The lowest BCUT2D eigenvalue weighted by molar-refractivity contribution is -0.249. The van der Waals surface area contributed by atoms with E-state index in [0.717, 1.165) is 43.5 Å². The van der Waals surface area contributed by atoms with Gasteiger partial charge in [0.2, 0.25) is 0 Å². The molecule has 0 amide bonds. The highest BCUT2D eigenvalue weighted by Crippen LogP contribution is 2.52. The lowest BCUT2D eigenvalue weighted by atomic mass is 9.75. The SMILES string of the molecule is CCCC[C@H]1CC[C@H](C(F)(F)C(F)(F)c2ccc(SF)cc2)CC1. The van der Waals surface area contributed by atoms with E-state index in [0.29, 0.717) is 18.8 Å². The van der Waals surface area contributed by atoms with Gasteiger partial charge in [-0.05, 0) is 43.7 Å². The Morgan fingerprint density at radius 2 is 1.58 bits per heavy atom. The van der Waals surface area contributed by atoms with E-state index in [9.17, 15) is 21.4 Å². The van der Waals surface area contributed by atoms with Crippen molar-refractivity contribution in [2.75, 3.05) is 0 Å². The monoisotopic (exact) mass is 366 g/mol. The summed E-state index contributed by atoms with van der Waals surface area (Å²) in [5, 5.41) is 0. The Morgan fingerprint density at radius 3 is 2.08 bits per heavy atom. The van der Waals surface area contributed by atoms with E-state index < -0.39 is 23.3 Å². The Bertz CT molecular complexity index is 507. The zero-order valence-electron chi connectivity index (χ0n) is 13.7. The third kappa shape index (κ3) is 4.06. The summed E-state index contributed by atoms with van der Waals surface area (Å²) in [6.07, 6.45) is 4.56. The van der Waals surface area contributed by atoms with Crippen LogP contribution in [0, 0.1) is 11.8 Å². The van der Waals surface area contributed by atoms with Crippen molar-refractivity contribution in [2.45, 2.75) is 68.6 Å². The van der Waals surface area contributed by atoms with Crippen LogP contribution in [0.5, 0.6) is 0 Å². The highest BCUT2D eigenvalue weighted by atomic mass is 32.2. The summed E-state index contributed by atoms with van der Waals surface area (Å²) in [5.74, 6) is -9.26. The molecular weight excluding hydrogens is 343 g/mol. The van der Waals surface area contributed by atoms with Gasteiger partial charge < -0.3 is 0 Å². The first-order valence-corrected chi connectivity index (χ1v) is 9.19. The van der Waals surface area contributed by atoms with E-state index >= 15 is 0 Å². The van der Waals surface area contributed by atoms with Gasteiger partial charge in [-0.25, -0.2) is 0 Å². The molecule has 0 atom stereocenters. The molecule has 1 aromatic rings. The summed E-state index contributed by atoms with van der Waals surface area (Å²) in [4.78, 5) is 0.120. The van der Waals surface area contributed by atoms with Crippen molar-refractivity contribution in [1.82, 2.24) is 0 Å². The van der Waals surface area contributed by atoms with Crippen molar-refractivity contribution >= 4 is 12.1 Å². The van der Waals surface area contributed by atoms with Crippen LogP contribution >= 0.6 is 12.1 Å². The van der Waals surface area contributed by atoms with Gasteiger partial charge >= 0.3 is 11.8 Å². The van der Waals surface area contributed by atoms with Crippen molar-refractivity contribution in [2.24, 2.45) is 11.8 Å². The summed E-state index contributed by atoms with van der Waals surface area (Å²) in [6, 6.07) is 3.99. The standard InChI is InChI=1S/C18H23F5S/c1-2-3-4-13-5-7-14(8-6-13)17(19,20)18(21,22)15-9-11-16(24-23)12-10-15/h9-14H,2-8H2,1H3/t13-,14-. The number of unbranched alkanes of at least 4 members (excludes halogenated alkanes) is 1. The van der Waals surface area contributed by atoms with Gasteiger partial charge in [0.15, 0.2) is 0 Å². The van der Waals surface area contributed by atoms with Gasteiger partial charge in [-0.2, -0.15) is 21.4 Å². The molecule has 0 unspecified atom stereocenters. The minimum absolute atomic E-state index is 0.102. The van der Waals surface area contributed by atoms with Gasteiger partial charge in [-0.15, -0.1) is 0 Å². The molecule has 0 saturated heterocycles. The van der Waals surface area contributed by atoms with Crippen LogP contribution in [0.3, 0.4) is 0 Å². The van der Waals surface area contributed by atoms with Crippen molar-refractivity contribution in [3.8, 4) is 0 Å². The van der Waals surface area contributed by atoms with Gasteiger partial charge in [-0.1, -0.05) is 38.3 Å². The predicted octanol–water partition coefficient (Wildman–Crippen LogP) is 7.39. The number of benzene rings is 1. The van der Waals surface area contributed by atoms with E-state index in [2.05, 4.69) is 6.92 Å². The fourth-order valence-corrected chi connectivity index (χ4v) is 3.71. The molecule has 1 fully saturated rings. The molecule has 1 aliphatic carbocycles. The van der Waals surface area contributed by atoms with Crippen LogP contribution in [0.2, 0.25) is 0 Å². The lowest BCUT2D eigenvalue weighted by Gasteiger charge is -2.37. The summed E-state index contributed by atoms with van der Waals surface area (Å²) in [7, 11) is 0. The third-order valence-corrected chi connectivity index (χ3v) is 5.50. The molecule has 1 aliphatic rings. The van der Waals surface area contributed by atoms with Crippen molar-refractivity contribution < 1.29 is 21.4 Å². The zero-order valence-corrected chi connectivity index (χ0v) is 14.5. The molecule has 0 nitrogen and oxygen atoms in total. The molecule has 2 rings (SSSR count). The molecule has 0 N–H and O–H groups in total. The predicted molar refractivity (Wildman–Crippen MR) is 87.2 cm³/mol. The lowest BCUT2D eigenvalue weighted by Crippen LogP contribution is -2.45. The van der Waals surface area contributed by atoms with E-state index in [1.165, 1.54) is 0 Å². The average molecular weight is 366 g/mol. The summed E-state index contributed by atoms with van der Waals surface area (Å²) >= 11 is -0.102. The number of alkyl halides is 4. The van der Waals surface area contributed by atoms with E-state index in [-0.39, 0.29) is 29.9 Å². The fraction of sp³-hybridized carbons (Fsp3) is 0.667. The van der Waals surface area contributed by atoms with Gasteiger partial charge in [0.05, 0.1) is 12.1 Å². The minimum atomic E-state index is -4.24. The van der Waals surface area contributed by atoms with Crippen molar-refractivity contribution in [3.63, 3.8) is 0 Å². The number of rotatable bonds is 7. The largest absolute Gasteiger partial charge is 0.335 e. The quantitative estimate of drug-likeness (QED) is 0.453. The van der Waals surface area contributed by atoms with E-state index in [4.69, 9.17) is 0 Å². The maximum absolute atomic E-state index is 14.5. The molecular formula is C18H23F5S. The zero-order chi connectivity index (χ0) is 17.8. The molecule has 0 aromatic heterocycles. The van der Waals surface area contributed by atoms with Crippen molar-refractivity contribution in [3.05, 3.63) is 29.8 Å². The van der Waals surface area contributed by atoms with Crippen LogP contribution in [0.4, 0.5) is 21.4 Å².